The Morgan fingerprint density at radius 2 is 1.77 bits per heavy atom. The van der Waals surface area contributed by atoms with Gasteiger partial charge < -0.3 is 10.1 Å². The fourth-order valence-electron chi connectivity index (χ4n) is 3.57. The Labute approximate surface area is 233 Å². The van der Waals surface area contributed by atoms with Crippen molar-refractivity contribution in [3.8, 4) is 17.0 Å². The first-order valence-corrected chi connectivity index (χ1v) is 13.2. The van der Waals surface area contributed by atoms with Gasteiger partial charge in [0.25, 0.3) is 5.91 Å². The maximum Gasteiger partial charge on any atom is 0.271 e. The number of benzene rings is 4. The molecule has 0 spiro atoms. The molecule has 0 aliphatic carbocycles. The van der Waals surface area contributed by atoms with E-state index in [9.17, 15) is 9.18 Å². The molecule has 1 heterocycles. The molecule has 1 amide bonds. The molecule has 9 heteroatoms. The standard InChI is InChI=1S/C30H22ClFN4O2S/c31-24-10-14-26(15-11-24)34-30-35-28(19-39-30)22-6-8-23(9-7-22)29(37)36-33-17-21-2-1-3-27(16-21)38-18-20-4-12-25(32)13-5-20/h1-17,19H,18H2,(H,34,35)(H,36,37)/b33-17-. The van der Waals surface area contributed by atoms with E-state index >= 15 is 0 Å². The van der Waals surface area contributed by atoms with Gasteiger partial charge in [-0.15, -0.1) is 11.3 Å². The number of nitrogens with one attached hydrogen (secondary N) is 2. The topological polar surface area (TPSA) is 75.6 Å². The van der Waals surface area contributed by atoms with E-state index in [0.29, 0.717) is 22.9 Å². The fourth-order valence-corrected chi connectivity index (χ4v) is 4.44. The molecule has 0 saturated carbocycles. The van der Waals surface area contributed by atoms with Crippen molar-refractivity contribution in [3.63, 3.8) is 0 Å². The molecule has 0 saturated heterocycles. The van der Waals surface area contributed by atoms with Gasteiger partial charge in [0.15, 0.2) is 5.13 Å². The zero-order valence-electron chi connectivity index (χ0n) is 20.5. The van der Waals surface area contributed by atoms with Gasteiger partial charge in [0.2, 0.25) is 0 Å². The van der Waals surface area contributed by atoms with Crippen molar-refractivity contribution in [1.29, 1.82) is 0 Å². The van der Waals surface area contributed by atoms with E-state index in [-0.39, 0.29) is 11.7 Å². The summed E-state index contributed by atoms with van der Waals surface area (Å²) in [4.78, 5) is 17.2. The van der Waals surface area contributed by atoms with Gasteiger partial charge in [-0.3, -0.25) is 4.79 Å². The van der Waals surface area contributed by atoms with Crippen molar-refractivity contribution >= 4 is 45.9 Å². The number of rotatable bonds is 9. The summed E-state index contributed by atoms with van der Waals surface area (Å²) in [5.41, 5.74) is 7.24. The van der Waals surface area contributed by atoms with Gasteiger partial charge in [-0.2, -0.15) is 5.10 Å². The molecule has 0 atom stereocenters. The van der Waals surface area contributed by atoms with Crippen LogP contribution in [0.15, 0.2) is 108 Å². The van der Waals surface area contributed by atoms with Gasteiger partial charge in [0.1, 0.15) is 18.2 Å². The average Bonchev–Trinajstić information content (AvgIpc) is 3.43. The monoisotopic (exact) mass is 556 g/mol. The van der Waals surface area contributed by atoms with Crippen LogP contribution in [0.25, 0.3) is 11.3 Å². The van der Waals surface area contributed by atoms with Gasteiger partial charge in [-0.1, -0.05) is 48.0 Å². The molecule has 39 heavy (non-hydrogen) atoms. The van der Waals surface area contributed by atoms with E-state index in [1.54, 1.807) is 36.5 Å². The first kappa shape index (κ1) is 26.1. The Kier molecular flexibility index (Phi) is 8.26. The van der Waals surface area contributed by atoms with Crippen LogP contribution in [-0.2, 0) is 6.61 Å². The molecule has 5 aromatic rings. The van der Waals surface area contributed by atoms with E-state index in [2.05, 4.69) is 20.8 Å². The maximum absolute atomic E-state index is 13.1. The van der Waals surface area contributed by atoms with Crippen LogP contribution >= 0.6 is 22.9 Å². The summed E-state index contributed by atoms with van der Waals surface area (Å²) in [6.07, 6.45) is 1.54. The molecule has 0 aliphatic rings. The Hall–Kier alpha value is -4.53. The van der Waals surface area contributed by atoms with Crippen LogP contribution in [0.4, 0.5) is 15.2 Å². The highest BCUT2D eigenvalue weighted by atomic mass is 35.5. The summed E-state index contributed by atoms with van der Waals surface area (Å²) in [5, 5.41) is 10.7. The molecule has 6 nitrogen and oxygen atoms in total. The minimum atomic E-state index is -0.329. The number of amides is 1. The van der Waals surface area contributed by atoms with Crippen molar-refractivity contribution in [2.75, 3.05) is 5.32 Å². The maximum atomic E-state index is 13.1. The predicted molar refractivity (Wildman–Crippen MR) is 155 cm³/mol. The number of carbonyl (C=O) groups is 1. The molecule has 4 aromatic carbocycles. The lowest BCUT2D eigenvalue weighted by atomic mass is 10.1. The second-order valence-electron chi connectivity index (χ2n) is 8.43. The zero-order valence-corrected chi connectivity index (χ0v) is 22.0. The third-order valence-electron chi connectivity index (χ3n) is 5.60. The predicted octanol–water partition coefficient (Wildman–Crippen LogP) is 7.69. The minimum absolute atomic E-state index is 0.285. The molecule has 0 unspecified atom stereocenters. The van der Waals surface area contributed by atoms with Crippen LogP contribution in [0, 0.1) is 5.82 Å². The number of hydrazone groups is 1. The van der Waals surface area contributed by atoms with Crippen LogP contribution in [0.1, 0.15) is 21.5 Å². The lowest BCUT2D eigenvalue weighted by Gasteiger charge is -2.07. The summed E-state index contributed by atoms with van der Waals surface area (Å²) in [7, 11) is 0. The summed E-state index contributed by atoms with van der Waals surface area (Å²) in [6.45, 7) is 0.314. The summed E-state index contributed by atoms with van der Waals surface area (Å²) in [5.74, 6) is 0.0235. The lowest BCUT2D eigenvalue weighted by molar-refractivity contribution is 0.0955. The third kappa shape index (κ3) is 7.28. The number of hydrogen-bond donors (Lipinski definition) is 2. The normalized spacial score (nSPS) is 10.9. The first-order valence-electron chi connectivity index (χ1n) is 11.9. The first-order chi connectivity index (χ1) is 19.0. The Bertz CT molecular complexity index is 1590. The van der Waals surface area contributed by atoms with Gasteiger partial charge in [-0.25, -0.2) is 14.8 Å². The number of nitrogens with zero attached hydrogens (tertiary/aromatic N) is 2. The van der Waals surface area contributed by atoms with E-state index in [1.165, 1.54) is 23.5 Å². The highest BCUT2D eigenvalue weighted by Gasteiger charge is 2.08. The Morgan fingerprint density at radius 3 is 2.54 bits per heavy atom. The third-order valence-corrected chi connectivity index (χ3v) is 6.61. The van der Waals surface area contributed by atoms with Crippen LogP contribution in [-0.4, -0.2) is 17.1 Å². The van der Waals surface area contributed by atoms with Crippen molar-refractivity contribution < 1.29 is 13.9 Å². The molecule has 0 radical (unpaired) electrons. The van der Waals surface area contributed by atoms with Gasteiger partial charge in [0.05, 0.1) is 11.9 Å². The van der Waals surface area contributed by atoms with Gasteiger partial charge in [0, 0.05) is 27.2 Å². The SMILES string of the molecule is O=C(N/N=C\c1cccc(OCc2ccc(F)cc2)c1)c1ccc(-c2csc(Nc3ccc(Cl)cc3)n2)cc1. The second kappa shape index (κ2) is 12.3. The number of halogens is 2. The molecule has 194 valence electrons. The largest absolute Gasteiger partial charge is 0.489 e. The van der Waals surface area contributed by atoms with E-state index < -0.39 is 0 Å². The number of ether oxygens (including phenoxy) is 1. The van der Waals surface area contributed by atoms with Crippen LogP contribution in [0.3, 0.4) is 0 Å². The number of anilines is 2. The number of hydrogen-bond acceptors (Lipinski definition) is 6. The smallest absolute Gasteiger partial charge is 0.271 e. The summed E-state index contributed by atoms with van der Waals surface area (Å²) >= 11 is 7.43. The molecular formula is C30H22ClFN4O2S. The van der Waals surface area contributed by atoms with Crippen molar-refractivity contribution in [1.82, 2.24) is 10.4 Å². The van der Waals surface area contributed by atoms with Crippen LogP contribution < -0.4 is 15.5 Å². The van der Waals surface area contributed by atoms with Crippen LogP contribution in [0.2, 0.25) is 5.02 Å². The highest BCUT2D eigenvalue weighted by Crippen LogP contribution is 2.28. The number of aromatic nitrogens is 1. The molecule has 0 bridgehead atoms. The molecule has 0 aliphatic heterocycles. The molecular weight excluding hydrogens is 535 g/mol. The van der Waals surface area contributed by atoms with Crippen molar-refractivity contribution in [3.05, 3.63) is 130 Å². The van der Waals surface area contributed by atoms with E-state index in [1.807, 2.05) is 60.0 Å². The molecule has 0 fully saturated rings. The second-order valence-corrected chi connectivity index (χ2v) is 9.73. The molecule has 1 aromatic heterocycles. The Morgan fingerprint density at radius 1 is 1.00 bits per heavy atom. The average molecular weight is 557 g/mol. The summed E-state index contributed by atoms with van der Waals surface area (Å²) < 4.78 is 18.8. The van der Waals surface area contributed by atoms with E-state index in [0.717, 1.165) is 33.2 Å². The molecule has 2 N–H and O–H groups in total. The fraction of sp³-hybridized carbons (Fsp3) is 0.0333. The van der Waals surface area contributed by atoms with Gasteiger partial charge >= 0.3 is 0 Å². The summed E-state index contributed by atoms with van der Waals surface area (Å²) in [6, 6.07) is 28.0. The number of carbonyl (C=O) groups excluding carboxylic acids is 1. The van der Waals surface area contributed by atoms with Crippen LogP contribution in [0.5, 0.6) is 5.75 Å². The van der Waals surface area contributed by atoms with Gasteiger partial charge in [-0.05, 0) is 71.8 Å². The quantitative estimate of drug-likeness (QED) is 0.144. The van der Waals surface area contributed by atoms with E-state index in [4.69, 9.17) is 16.3 Å². The zero-order chi connectivity index (χ0) is 27.0. The highest BCUT2D eigenvalue weighted by molar-refractivity contribution is 7.14. The lowest BCUT2D eigenvalue weighted by Crippen LogP contribution is -2.17. The number of thiazole rings is 1. The molecule has 5 rings (SSSR count). The minimum Gasteiger partial charge on any atom is -0.489 e. The Balaban J connectivity index is 1.14. The van der Waals surface area contributed by atoms with Crippen molar-refractivity contribution in [2.24, 2.45) is 5.10 Å². The van der Waals surface area contributed by atoms with Crippen molar-refractivity contribution in [2.45, 2.75) is 6.61 Å².